The molecule has 0 aromatic heterocycles. The Morgan fingerprint density at radius 3 is 2.05 bits per heavy atom. The van der Waals surface area contributed by atoms with E-state index in [0.29, 0.717) is 18.3 Å². The van der Waals surface area contributed by atoms with Gasteiger partial charge in [0.05, 0.1) is 6.61 Å². The molecule has 3 N–H and O–H groups in total. The van der Waals surface area contributed by atoms with Crippen molar-refractivity contribution < 1.29 is 32.6 Å². The maximum absolute atomic E-state index is 11.1. The van der Waals surface area contributed by atoms with Gasteiger partial charge in [0.1, 0.15) is 0 Å². The fraction of sp³-hybridized carbons (Fsp3) is 1.00. The van der Waals surface area contributed by atoms with Gasteiger partial charge in [-0.3, -0.25) is 4.52 Å². The van der Waals surface area contributed by atoms with Crippen molar-refractivity contribution in [3.05, 3.63) is 0 Å². The predicted molar refractivity (Wildman–Crippen MR) is 71.4 cm³/mol. The molecule has 9 heteroatoms. The van der Waals surface area contributed by atoms with E-state index in [1.807, 2.05) is 6.92 Å². The van der Waals surface area contributed by atoms with Crippen molar-refractivity contribution in [2.45, 2.75) is 46.5 Å². The van der Waals surface area contributed by atoms with Gasteiger partial charge in [-0.2, -0.15) is 4.31 Å². The highest BCUT2D eigenvalue weighted by atomic mass is 31.3. The lowest BCUT2D eigenvalue weighted by Crippen LogP contribution is -2.03. The van der Waals surface area contributed by atoms with Crippen molar-refractivity contribution >= 4 is 15.6 Å². The Morgan fingerprint density at radius 1 is 1.00 bits per heavy atom. The standard InChI is InChI=1S/C10H24O7P2/c1-9(2)5-4-6-10(3)7-8-16-19(14,15)17-18(11,12)13/h9-10H,4-8H2,1-3H3,(H,14,15)(H2,11,12,13). The van der Waals surface area contributed by atoms with Crippen LogP contribution in [0.2, 0.25) is 0 Å². The van der Waals surface area contributed by atoms with Gasteiger partial charge in [0, 0.05) is 0 Å². The van der Waals surface area contributed by atoms with E-state index in [4.69, 9.17) is 14.7 Å². The fourth-order valence-electron chi connectivity index (χ4n) is 1.55. The molecule has 0 aliphatic rings. The molecular weight excluding hydrogens is 294 g/mol. The maximum atomic E-state index is 11.1. The Hall–Kier alpha value is 0.260. The second kappa shape index (κ2) is 8.53. The lowest BCUT2D eigenvalue weighted by atomic mass is 9.98. The Morgan fingerprint density at radius 2 is 1.58 bits per heavy atom. The third-order valence-corrected chi connectivity index (χ3v) is 4.74. The summed E-state index contributed by atoms with van der Waals surface area (Å²) in [7, 11) is -9.69. The monoisotopic (exact) mass is 318 g/mol. The first kappa shape index (κ1) is 19.3. The second-order valence-electron chi connectivity index (χ2n) is 5.09. The van der Waals surface area contributed by atoms with Crippen molar-refractivity contribution in [3.63, 3.8) is 0 Å². The van der Waals surface area contributed by atoms with E-state index in [1.54, 1.807) is 0 Å². The summed E-state index contributed by atoms with van der Waals surface area (Å²) in [5, 5.41) is 0. The number of hydrogen-bond donors (Lipinski definition) is 3. The van der Waals surface area contributed by atoms with Crippen LogP contribution in [0.15, 0.2) is 0 Å². The minimum absolute atomic E-state index is 0.0728. The average molecular weight is 318 g/mol. The first-order chi connectivity index (χ1) is 8.52. The molecule has 0 aromatic carbocycles. The molecule has 0 fully saturated rings. The first-order valence-corrected chi connectivity index (χ1v) is 9.28. The van der Waals surface area contributed by atoms with Crippen LogP contribution in [0.1, 0.15) is 46.5 Å². The zero-order valence-corrected chi connectivity index (χ0v) is 13.3. The highest BCUT2D eigenvalue weighted by Gasteiger charge is 2.32. The van der Waals surface area contributed by atoms with E-state index in [0.717, 1.165) is 19.3 Å². The van der Waals surface area contributed by atoms with Gasteiger partial charge in [-0.25, -0.2) is 9.13 Å². The summed E-state index contributed by atoms with van der Waals surface area (Å²) >= 11 is 0. The predicted octanol–water partition coefficient (Wildman–Crippen LogP) is 3.07. The SMILES string of the molecule is CC(C)CCCC(C)CCOP(=O)(O)OP(=O)(O)O. The lowest BCUT2D eigenvalue weighted by molar-refractivity contribution is 0.169. The molecule has 0 rings (SSSR count). The van der Waals surface area contributed by atoms with Gasteiger partial charge in [0.15, 0.2) is 0 Å². The molecule has 0 aromatic rings. The minimum Gasteiger partial charge on any atom is -0.302 e. The minimum atomic E-state index is -5.02. The molecule has 0 aliphatic heterocycles. The molecule has 19 heavy (non-hydrogen) atoms. The van der Waals surface area contributed by atoms with E-state index in [1.165, 1.54) is 0 Å². The van der Waals surface area contributed by atoms with Crippen molar-refractivity contribution in [1.29, 1.82) is 0 Å². The molecule has 0 bridgehead atoms. The van der Waals surface area contributed by atoms with Crippen LogP contribution in [0, 0.1) is 11.8 Å². The first-order valence-electron chi connectivity index (χ1n) is 6.26. The highest BCUT2D eigenvalue weighted by Crippen LogP contribution is 2.57. The highest BCUT2D eigenvalue weighted by molar-refractivity contribution is 7.60. The van der Waals surface area contributed by atoms with Crippen molar-refractivity contribution in [2.24, 2.45) is 11.8 Å². The van der Waals surface area contributed by atoms with Crippen LogP contribution < -0.4 is 0 Å². The smallest absolute Gasteiger partial charge is 0.302 e. The number of phosphoric acid groups is 2. The summed E-state index contributed by atoms with van der Waals surface area (Å²) < 4.78 is 29.7. The molecule has 2 atom stereocenters. The number of rotatable bonds is 10. The average Bonchev–Trinajstić information content (AvgIpc) is 2.12. The number of phosphoric ester groups is 1. The molecule has 0 aliphatic carbocycles. The van der Waals surface area contributed by atoms with E-state index in [2.05, 4.69) is 22.7 Å². The summed E-state index contributed by atoms with van der Waals surface area (Å²) in [4.78, 5) is 25.8. The lowest BCUT2D eigenvalue weighted by Gasteiger charge is -2.15. The third kappa shape index (κ3) is 13.0. The van der Waals surface area contributed by atoms with Crippen LogP contribution >= 0.6 is 15.6 Å². The summed E-state index contributed by atoms with van der Waals surface area (Å²) in [5.74, 6) is 0.964. The molecule has 0 heterocycles. The van der Waals surface area contributed by atoms with Gasteiger partial charge in [-0.15, -0.1) is 0 Å². The molecule has 116 valence electrons. The third-order valence-electron chi connectivity index (χ3n) is 2.55. The van der Waals surface area contributed by atoms with E-state index >= 15 is 0 Å². The summed E-state index contributed by atoms with van der Waals surface area (Å²) in [6.07, 6.45) is 3.73. The van der Waals surface area contributed by atoms with Crippen LogP contribution in [-0.2, 0) is 18.0 Å². The summed E-state index contributed by atoms with van der Waals surface area (Å²) in [6, 6.07) is 0. The molecule has 7 nitrogen and oxygen atoms in total. The Balaban J connectivity index is 3.83. The van der Waals surface area contributed by atoms with E-state index in [-0.39, 0.29) is 6.61 Å². The van der Waals surface area contributed by atoms with Crippen molar-refractivity contribution in [3.8, 4) is 0 Å². The number of hydrogen-bond acceptors (Lipinski definition) is 4. The zero-order valence-electron chi connectivity index (χ0n) is 11.6. The molecule has 0 amide bonds. The topological polar surface area (TPSA) is 113 Å². The fourth-order valence-corrected chi connectivity index (χ4v) is 3.15. The largest absolute Gasteiger partial charge is 0.481 e. The Kier molecular flexibility index (Phi) is 8.64. The molecule has 0 spiro atoms. The van der Waals surface area contributed by atoms with Crippen LogP contribution in [0.3, 0.4) is 0 Å². The zero-order chi connectivity index (χ0) is 15.1. The van der Waals surface area contributed by atoms with Crippen molar-refractivity contribution in [2.75, 3.05) is 6.61 Å². The van der Waals surface area contributed by atoms with Crippen molar-refractivity contribution in [1.82, 2.24) is 0 Å². The molecule has 0 radical (unpaired) electrons. The van der Waals surface area contributed by atoms with Gasteiger partial charge in [0.25, 0.3) is 0 Å². The van der Waals surface area contributed by atoms with Gasteiger partial charge in [-0.1, -0.05) is 40.0 Å². The normalized spacial score (nSPS) is 17.4. The van der Waals surface area contributed by atoms with Crippen LogP contribution in [-0.4, -0.2) is 21.3 Å². The Bertz CT molecular complexity index is 339. The summed E-state index contributed by atoms with van der Waals surface area (Å²) in [5.41, 5.74) is 0. The molecule has 0 saturated carbocycles. The van der Waals surface area contributed by atoms with E-state index < -0.39 is 15.6 Å². The molecule has 2 unspecified atom stereocenters. The Labute approximate surface area is 114 Å². The van der Waals surface area contributed by atoms with E-state index in [9.17, 15) is 9.13 Å². The van der Waals surface area contributed by atoms with Crippen LogP contribution in [0.4, 0.5) is 0 Å². The van der Waals surface area contributed by atoms with Crippen LogP contribution in [0.25, 0.3) is 0 Å². The maximum Gasteiger partial charge on any atom is 0.481 e. The second-order valence-corrected chi connectivity index (χ2v) is 7.92. The van der Waals surface area contributed by atoms with Crippen LogP contribution in [0.5, 0.6) is 0 Å². The quantitative estimate of drug-likeness (QED) is 0.530. The van der Waals surface area contributed by atoms with Gasteiger partial charge in [-0.05, 0) is 18.3 Å². The summed E-state index contributed by atoms with van der Waals surface area (Å²) in [6.45, 7) is 6.22. The van der Waals surface area contributed by atoms with Gasteiger partial charge >= 0.3 is 15.6 Å². The molecule has 0 saturated heterocycles. The van der Waals surface area contributed by atoms with Gasteiger partial charge < -0.3 is 14.7 Å². The van der Waals surface area contributed by atoms with Gasteiger partial charge in [0.2, 0.25) is 0 Å². The molecular formula is C10H24O7P2.